The summed E-state index contributed by atoms with van der Waals surface area (Å²) in [6.45, 7) is 3.69. The molecule has 0 fully saturated rings. The number of rotatable bonds is 5. The molecule has 0 spiro atoms. The third-order valence-electron chi connectivity index (χ3n) is 3.17. The summed E-state index contributed by atoms with van der Waals surface area (Å²) < 4.78 is 45.4. The number of halogens is 2. The molecule has 5 nitrogen and oxygen atoms in total. The highest BCUT2D eigenvalue weighted by atomic mass is 35.5. The van der Waals surface area contributed by atoms with Crippen molar-refractivity contribution < 1.29 is 17.2 Å². The second kappa shape index (κ2) is 6.74. The van der Waals surface area contributed by atoms with Crippen LogP contribution < -0.4 is 10.0 Å². The van der Waals surface area contributed by atoms with Gasteiger partial charge in [0, 0.05) is 23.5 Å². The van der Waals surface area contributed by atoms with Crippen molar-refractivity contribution in [3.05, 3.63) is 29.6 Å². The summed E-state index contributed by atoms with van der Waals surface area (Å²) in [7, 11) is -2.01. The van der Waals surface area contributed by atoms with Gasteiger partial charge in [-0.15, -0.1) is 12.4 Å². The van der Waals surface area contributed by atoms with Gasteiger partial charge in [-0.25, -0.2) is 17.5 Å². The maximum Gasteiger partial charge on any atom is 0.274 e. The van der Waals surface area contributed by atoms with E-state index >= 15 is 0 Å². The molecule has 0 aliphatic rings. The maximum absolute atomic E-state index is 13.2. The Balaban J connectivity index is 0.00000220. The molecule has 0 aliphatic carbocycles. The third-order valence-corrected chi connectivity index (χ3v) is 4.60. The number of likely N-dealkylation sites (N-methyl/N-ethyl adjacent to an activating group) is 1. The van der Waals surface area contributed by atoms with Crippen LogP contribution in [0.15, 0.2) is 27.7 Å². The van der Waals surface area contributed by atoms with Gasteiger partial charge in [0.15, 0.2) is 0 Å². The van der Waals surface area contributed by atoms with Crippen molar-refractivity contribution in [3.63, 3.8) is 0 Å². The van der Waals surface area contributed by atoms with Crippen molar-refractivity contribution in [1.82, 2.24) is 10.0 Å². The van der Waals surface area contributed by atoms with E-state index in [4.69, 9.17) is 4.42 Å². The second-order valence-corrected chi connectivity index (χ2v) is 6.36. The quantitative estimate of drug-likeness (QED) is 0.878. The molecule has 0 saturated carbocycles. The molecule has 1 aromatic carbocycles. The molecule has 1 atom stereocenters. The summed E-state index contributed by atoms with van der Waals surface area (Å²) in [6.07, 6.45) is 0. The molecular formula is C13H18ClFN2O3S. The van der Waals surface area contributed by atoms with E-state index in [0.29, 0.717) is 16.5 Å². The van der Waals surface area contributed by atoms with Crippen LogP contribution in [0.5, 0.6) is 0 Å². The number of hydrogen-bond acceptors (Lipinski definition) is 4. The van der Waals surface area contributed by atoms with Crippen LogP contribution in [0, 0.1) is 12.7 Å². The number of furan rings is 1. The highest BCUT2D eigenvalue weighted by Gasteiger charge is 2.24. The number of fused-ring (bicyclic) bond motifs is 1. The Kier molecular flexibility index (Phi) is 5.75. The Labute approximate surface area is 129 Å². The van der Waals surface area contributed by atoms with Gasteiger partial charge in [0.1, 0.15) is 11.4 Å². The van der Waals surface area contributed by atoms with Gasteiger partial charge in [-0.2, -0.15) is 0 Å². The van der Waals surface area contributed by atoms with Gasteiger partial charge in [0.2, 0.25) is 5.09 Å². The molecule has 1 aromatic heterocycles. The van der Waals surface area contributed by atoms with Crippen LogP contribution in [0.2, 0.25) is 0 Å². The zero-order chi connectivity index (χ0) is 14.9. The number of nitrogens with one attached hydrogen (secondary N) is 2. The SMILES string of the molecule is CNC(C)CNS(=O)(=O)c1oc2ccc(F)cc2c1C.Cl. The summed E-state index contributed by atoms with van der Waals surface area (Å²) >= 11 is 0. The average molecular weight is 337 g/mol. The van der Waals surface area contributed by atoms with Gasteiger partial charge < -0.3 is 9.73 Å². The standard InChI is InChI=1S/C13H17FN2O3S.ClH/c1-8(15-3)7-16-20(17,18)13-9(2)11-6-10(14)4-5-12(11)19-13;/h4-6,8,15-16H,7H2,1-3H3;1H. The maximum atomic E-state index is 13.2. The zero-order valence-electron chi connectivity index (χ0n) is 11.9. The minimum atomic E-state index is -3.75. The molecule has 0 amide bonds. The summed E-state index contributed by atoms with van der Waals surface area (Å²) in [4.78, 5) is 0. The topological polar surface area (TPSA) is 71.3 Å². The predicted molar refractivity (Wildman–Crippen MR) is 81.9 cm³/mol. The molecule has 21 heavy (non-hydrogen) atoms. The van der Waals surface area contributed by atoms with Gasteiger partial charge in [0.05, 0.1) is 0 Å². The Morgan fingerprint density at radius 3 is 2.67 bits per heavy atom. The first-order valence-corrected chi connectivity index (χ1v) is 7.69. The smallest absolute Gasteiger partial charge is 0.274 e. The molecule has 118 valence electrons. The normalized spacial score (nSPS) is 13.1. The molecule has 0 saturated heterocycles. The average Bonchev–Trinajstić information content (AvgIpc) is 2.74. The van der Waals surface area contributed by atoms with E-state index in [1.165, 1.54) is 18.2 Å². The summed E-state index contributed by atoms with van der Waals surface area (Å²) in [5.41, 5.74) is 0.759. The summed E-state index contributed by atoms with van der Waals surface area (Å²) in [5, 5.41) is 3.23. The van der Waals surface area contributed by atoms with E-state index in [1.54, 1.807) is 14.0 Å². The van der Waals surface area contributed by atoms with Crippen LogP contribution in [-0.2, 0) is 10.0 Å². The lowest BCUT2D eigenvalue weighted by Crippen LogP contribution is -2.37. The van der Waals surface area contributed by atoms with Crippen molar-refractivity contribution in [2.75, 3.05) is 13.6 Å². The van der Waals surface area contributed by atoms with Crippen LogP contribution in [0.25, 0.3) is 11.0 Å². The molecule has 2 rings (SSSR count). The lowest BCUT2D eigenvalue weighted by Gasteiger charge is -2.10. The number of benzene rings is 1. The van der Waals surface area contributed by atoms with Crippen molar-refractivity contribution in [2.24, 2.45) is 0 Å². The van der Waals surface area contributed by atoms with Crippen LogP contribution in [0.1, 0.15) is 12.5 Å². The van der Waals surface area contributed by atoms with E-state index < -0.39 is 15.8 Å². The Morgan fingerprint density at radius 1 is 1.38 bits per heavy atom. The van der Waals surface area contributed by atoms with E-state index in [-0.39, 0.29) is 30.1 Å². The van der Waals surface area contributed by atoms with Crippen molar-refractivity contribution in [2.45, 2.75) is 25.0 Å². The van der Waals surface area contributed by atoms with Crippen LogP contribution in [0.4, 0.5) is 4.39 Å². The molecule has 8 heteroatoms. The van der Waals surface area contributed by atoms with E-state index in [0.717, 1.165) is 0 Å². The highest BCUT2D eigenvalue weighted by Crippen LogP contribution is 2.28. The van der Waals surface area contributed by atoms with E-state index in [1.807, 2.05) is 6.92 Å². The Hall–Kier alpha value is -1.15. The fourth-order valence-electron chi connectivity index (χ4n) is 1.83. The van der Waals surface area contributed by atoms with Gasteiger partial charge in [-0.1, -0.05) is 0 Å². The van der Waals surface area contributed by atoms with Crippen LogP contribution in [0.3, 0.4) is 0 Å². The van der Waals surface area contributed by atoms with Gasteiger partial charge in [-0.3, -0.25) is 0 Å². The van der Waals surface area contributed by atoms with Gasteiger partial charge in [0.25, 0.3) is 10.0 Å². The fraction of sp³-hybridized carbons (Fsp3) is 0.385. The fourth-order valence-corrected chi connectivity index (χ4v) is 3.14. The van der Waals surface area contributed by atoms with Gasteiger partial charge >= 0.3 is 0 Å². The lowest BCUT2D eigenvalue weighted by atomic mass is 10.2. The van der Waals surface area contributed by atoms with E-state index in [2.05, 4.69) is 10.0 Å². The minimum absolute atomic E-state index is 0. The number of aryl methyl sites for hydroxylation is 1. The van der Waals surface area contributed by atoms with Crippen molar-refractivity contribution in [1.29, 1.82) is 0 Å². The third kappa shape index (κ3) is 3.74. The molecular weight excluding hydrogens is 319 g/mol. The van der Waals surface area contributed by atoms with Crippen LogP contribution >= 0.6 is 12.4 Å². The molecule has 1 heterocycles. The zero-order valence-corrected chi connectivity index (χ0v) is 13.6. The van der Waals surface area contributed by atoms with Crippen LogP contribution in [-0.4, -0.2) is 28.1 Å². The highest BCUT2D eigenvalue weighted by molar-refractivity contribution is 7.89. The lowest BCUT2D eigenvalue weighted by molar-refractivity contribution is 0.467. The molecule has 0 radical (unpaired) electrons. The molecule has 0 bridgehead atoms. The molecule has 2 N–H and O–H groups in total. The largest absolute Gasteiger partial charge is 0.443 e. The predicted octanol–water partition coefficient (Wildman–Crippen LogP) is 2.19. The monoisotopic (exact) mass is 336 g/mol. The minimum Gasteiger partial charge on any atom is -0.443 e. The second-order valence-electron chi connectivity index (χ2n) is 4.70. The Bertz CT molecular complexity index is 730. The molecule has 2 aromatic rings. The van der Waals surface area contributed by atoms with Gasteiger partial charge in [-0.05, 0) is 39.1 Å². The number of sulfonamides is 1. The van der Waals surface area contributed by atoms with E-state index in [9.17, 15) is 12.8 Å². The molecule has 1 unspecified atom stereocenters. The number of hydrogen-bond donors (Lipinski definition) is 2. The first-order chi connectivity index (χ1) is 9.35. The molecule has 0 aliphatic heterocycles. The van der Waals surface area contributed by atoms with Crippen molar-refractivity contribution >= 4 is 33.4 Å². The summed E-state index contributed by atoms with van der Waals surface area (Å²) in [5.74, 6) is -0.429. The van der Waals surface area contributed by atoms with Crippen molar-refractivity contribution in [3.8, 4) is 0 Å². The first kappa shape index (κ1) is 17.9. The summed E-state index contributed by atoms with van der Waals surface area (Å²) in [6, 6.07) is 3.92. The first-order valence-electron chi connectivity index (χ1n) is 6.20. The Morgan fingerprint density at radius 2 is 2.05 bits per heavy atom.